The summed E-state index contributed by atoms with van der Waals surface area (Å²) < 4.78 is 5.26. The van der Waals surface area contributed by atoms with Crippen molar-refractivity contribution < 1.29 is 24.2 Å². The molecule has 0 radical (unpaired) electrons. The van der Waals surface area contributed by atoms with Gasteiger partial charge in [0.2, 0.25) is 0 Å². The van der Waals surface area contributed by atoms with E-state index in [-0.39, 0.29) is 47.4 Å². The van der Waals surface area contributed by atoms with Gasteiger partial charge < -0.3 is 9.84 Å². The van der Waals surface area contributed by atoms with E-state index >= 15 is 0 Å². The molecule has 2 aliphatic rings. The Morgan fingerprint density at radius 1 is 1.37 bits per heavy atom. The van der Waals surface area contributed by atoms with Crippen molar-refractivity contribution in [3.8, 4) is 0 Å². The van der Waals surface area contributed by atoms with Gasteiger partial charge in [0.1, 0.15) is 6.61 Å². The molecule has 27 heavy (non-hydrogen) atoms. The highest BCUT2D eigenvalue weighted by molar-refractivity contribution is 5.92. The number of carbonyl (C=O) groups is 3. The summed E-state index contributed by atoms with van der Waals surface area (Å²) in [6.07, 6.45) is 6.20. The van der Waals surface area contributed by atoms with Crippen LogP contribution in [0.4, 0.5) is 0 Å². The second kappa shape index (κ2) is 8.15. The first-order valence-electron chi connectivity index (χ1n) is 10.1. The number of esters is 1. The maximum absolute atomic E-state index is 12.5. The summed E-state index contributed by atoms with van der Waals surface area (Å²) in [6, 6.07) is 0. The van der Waals surface area contributed by atoms with Crippen LogP contribution in [0.15, 0.2) is 11.6 Å². The number of hydrogen-bond acceptors (Lipinski definition) is 4. The molecule has 1 saturated carbocycles. The number of ether oxygens (including phenoxy) is 1. The van der Waals surface area contributed by atoms with Crippen molar-refractivity contribution in [2.45, 2.75) is 73.1 Å². The van der Waals surface area contributed by atoms with Gasteiger partial charge in [-0.05, 0) is 65.9 Å². The van der Waals surface area contributed by atoms with Crippen LogP contribution in [0.1, 0.15) is 73.1 Å². The van der Waals surface area contributed by atoms with Crippen LogP contribution in [0.5, 0.6) is 0 Å². The lowest BCUT2D eigenvalue weighted by molar-refractivity contribution is -0.142. The topological polar surface area (TPSA) is 80.7 Å². The highest BCUT2D eigenvalue weighted by Crippen LogP contribution is 2.61. The van der Waals surface area contributed by atoms with Gasteiger partial charge in [0.25, 0.3) is 0 Å². The molecule has 0 aromatic rings. The molecular formula is C22H34O5. The van der Waals surface area contributed by atoms with E-state index in [4.69, 9.17) is 9.84 Å². The van der Waals surface area contributed by atoms with Crippen LogP contribution in [0.3, 0.4) is 0 Å². The minimum absolute atomic E-state index is 0.0366. The van der Waals surface area contributed by atoms with Crippen molar-refractivity contribution >= 4 is 17.7 Å². The Labute approximate surface area is 162 Å². The molecule has 2 aliphatic carbocycles. The molecule has 0 aromatic carbocycles. The van der Waals surface area contributed by atoms with Gasteiger partial charge in [-0.1, -0.05) is 27.7 Å². The van der Waals surface area contributed by atoms with Gasteiger partial charge in [0.05, 0.1) is 0 Å². The predicted molar refractivity (Wildman–Crippen MR) is 103 cm³/mol. The monoisotopic (exact) mass is 378 g/mol. The number of fused-ring (bicyclic) bond motifs is 1. The number of aliphatic carboxylic acids is 1. The fourth-order valence-electron chi connectivity index (χ4n) is 5.32. The molecular weight excluding hydrogens is 344 g/mol. The lowest BCUT2D eigenvalue weighted by atomic mass is 9.46. The Morgan fingerprint density at radius 3 is 2.63 bits per heavy atom. The van der Waals surface area contributed by atoms with E-state index in [1.54, 1.807) is 6.08 Å². The lowest BCUT2D eigenvalue weighted by Gasteiger charge is -2.58. The Kier molecular flexibility index (Phi) is 6.54. The van der Waals surface area contributed by atoms with Crippen molar-refractivity contribution in [3.63, 3.8) is 0 Å². The molecule has 5 heteroatoms. The number of ketones is 1. The van der Waals surface area contributed by atoms with Gasteiger partial charge in [-0.15, -0.1) is 0 Å². The SMILES string of the molecule is CC(=O)OCC1=CC(=O)C[C@@H]2[C@](C)(CC[C@H](C)CC(=O)O)[C@@H](C)CC[C@]12C. The third-order valence-electron chi connectivity index (χ3n) is 7.39. The van der Waals surface area contributed by atoms with E-state index in [2.05, 4.69) is 20.8 Å². The maximum atomic E-state index is 12.5. The van der Waals surface area contributed by atoms with Crippen LogP contribution in [-0.2, 0) is 19.1 Å². The van der Waals surface area contributed by atoms with E-state index in [9.17, 15) is 14.4 Å². The second-order valence-electron chi connectivity index (χ2n) is 9.28. The summed E-state index contributed by atoms with van der Waals surface area (Å²) in [5.41, 5.74) is 0.752. The fraction of sp³-hybridized carbons (Fsp3) is 0.773. The molecule has 0 saturated heterocycles. The van der Waals surface area contributed by atoms with E-state index in [0.29, 0.717) is 12.3 Å². The Morgan fingerprint density at radius 2 is 2.04 bits per heavy atom. The van der Waals surface area contributed by atoms with Crippen LogP contribution in [0.25, 0.3) is 0 Å². The molecule has 0 aromatic heterocycles. The smallest absolute Gasteiger partial charge is 0.303 e. The molecule has 5 nitrogen and oxygen atoms in total. The predicted octanol–water partition coefficient (Wildman–Crippen LogP) is 4.40. The minimum atomic E-state index is -0.756. The second-order valence-corrected chi connectivity index (χ2v) is 9.28. The van der Waals surface area contributed by atoms with Crippen LogP contribution in [0.2, 0.25) is 0 Å². The summed E-state index contributed by atoms with van der Waals surface area (Å²) in [7, 11) is 0. The zero-order valence-corrected chi connectivity index (χ0v) is 17.3. The first-order valence-corrected chi connectivity index (χ1v) is 10.1. The molecule has 1 N–H and O–H groups in total. The first kappa shape index (κ1) is 21.6. The normalized spacial score (nSPS) is 34.4. The van der Waals surface area contributed by atoms with Gasteiger partial charge >= 0.3 is 11.9 Å². The number of carboxylic acids is 1. The van der Waals surface area contributed by atoms with Crippen molar-refractivity contribution in [1.82, 2.24) is 0 Å². The third-order valence-corrected chi connectivity index (χ3v) is 7.39. The molecule has 0 aliphatic heterocycles. The summed E-state index contributed by atoms with van der Waals surface area (Å²) in [6.45, 7) is 10.3. The minimum Gasteiger partial charge on any atom is -0.481 e. The van der Waals surface area contributed by atoms with Crippen LogP contribution >= 0.6 is 0 Å². The Balaban J connectivity index is 2.26. The van der Waals surface area contributed by atoms with Gasteiger partial charge in [-0.25, -0.2) is 0 Å². The largest absolute Gasteiger partial charge is 0.481 e. The molecule has 0 heterocycles. The molecule has 0 bridgehead atoms. The van der Waals surface area contributed by atoms with E-state index < -0.39 is 5.97 Å². The third kappa shape index (κ3) is 4.61. The maximum Gasteiger partial charge on any atom is 0.303 e. The van der Waals surface area contributed by atoms with Gasteiger partial charge in [0.15, 0.2) is 5.78 Å². The average molecular weight is 379 g/mol. The van der Waals surface area contributed by atoms with Crippen LogP contribution < -0.4 is 0 Å². The average Bonchev–Trinajstić information content (AvgIpc) is 2.56. The zero-order valence-electron chi connectivity index (χ0n) is 17.3. The summed E-state index contributed by atoms with van der Waals surface area (Å²) >= 11 is 0. The molecule has 0 amide bonds. The summed E-state index contributed by atoms with van der Waals surface area (Å²) in [4.78, 5) is 34.8. The highest BCUT2D eigenvalue weighted by Gasteiger charge is 2.55. The molecule has 0 unspecified atom stereocenters. The van der Waals surface area contributed by atoms with Crippen molar-refractivity contribution in [1.29, 1.82) is 0 Å². The van der Waals surface area contributed by atoms with Gasteiger partial charge in [0, 0.05) is 19.8 Å². The van der Waals surface area contributed by atoms with Crippen LogP contribution in [0, 0.1) is 28.6 Å². The summed E-state index contributed by atoms with van der Waals surface area (Å²) in [5.74, 6) is -0.201. The number of carboxylic acid groups (broad SMARTS) is 1. The highest BCUT2D eigenvalue weighted by atomic mass is 16.5. The quantitative estimate of drug-likeness (QED) is 0.664. The standard InChI is InChI=1S/C22H34O5/c1-14(10-20(25)26)6-8-21(4)15(2)7-9-22(5)17(13-27-16(3)23)11-18(24)12-19(21)22/h11,14-15,19H,6-10,12-13H2,1-5H3,(H,25,26)/t14-,15-,19+,21+,22+/m0/s1. The summed E-state index contributed by atoms with van der Waals surface area (Å²) in [5, 5.41) is 9.05. The number of allylic oxidation sites excluding steroid dienone is 1. The Hall–Kier alpha value is -1.65. The molecule has 0 spiro atoms. The Bertz CT molecular complexity index is 637. The van der Waals surface area contributed by atoms with Crippen LogP contribution in [-0.4, -0.2) is 29.4 Å². The van der Waals surface area contributed by atoms with Crippen molar-refractivity contribution in [2.75, 3.05) is 6.61 Å². The fourth-order valence-corrected chi connectivity index (χ4v) is 5.32. The van der Waals surface area contributed by atoms with Crippen molar-refractivity contribution in [2.24, 2.45) is 28.6 Å². The van der Waals surface area contributed by atoms with E-state index in [1.807, 2.05) is 6.92 Å². The molecule has 5 atom stereocenters. The van der Waals surface area contributed by atoms with Gasteiger partial charge in [-0.2, -0.15) is 0 Å². The van der Waals surface area contributed by atoms with E-state index in [0.717, 1.165) is 31.3 Å². The van der Waals surface area contributed by atoms with Gasteiger partial charge in [-0.3, -0.25) is 14.4 Å². The molecule has 1 fully saturated rings. The molecule has 2 rings (SSSR count). The number of carbonyl (C=O) groups excluding carboxylic acids is 2. The van der Waals surface area contributed by atoms with E-state index in [1.165, 1.54) is 6.92 Å². The molecule has 152 valence electrons. The lowest BCUT2D eigenvalue weighted by Crippen LogP contribution is -2.52. The zero-order chi connectivity index (χ0) is 20.4. The number of rotatable bonds is 7. The first-order chi connectivity index (χ1) is 12.5. The number of hydrogen-bond donors (Lipinski definition) is 1. The van der Waals surface area contributed by atoms with Crippen molar-refractivity contribution in [3.05, 3.63) is 11.6 Å².